The van der Waals surface area contributed by atoms with Crippen molar-refractivity contribution in [3.05, 3.63) is 51.9 Å². The highest BCUT2D eigenvalue weighted by molar-refractivity contribution is 9.10. The Kier molecular flexibility index (Phi) is 3.93. The van der Waals surface area contributed by atoms with Crippen LogP contribution in [-0.2, 0) is 6.54 Å². The summed E-state index contributed by atoms with van der Waals surface area (Å²) in [5, 5.41) is 0. The molecule has 1 heterocycles. The van der Waals surface area contributed by atoms with E-state index in [1.54, 1.807) is 0 Å². The van der Waals surface area contributed by atoms with Crippen molar-refractivity contribution in [2.45, 2.75) is 13.5 Å². The number of hydrogen-bond donors (Lipinski definition) is 1. The molecule has 0 aliphatic carbocycles. The Labute approximate surface area is 113 Å². The number of ether oxygens (including phenoxy) is 1. The van der Waals surface area contributed by atoms with Gasteiger partial charge in [-0.25, -0.2) is 9.37 Å². The van der Waals surface area contributed by atoms with E-state index < -0.39 is 5.82 Å². The van der Waals surface area contributed by atoms with Gasteiger partial charge in [-0.3, -0.25) is 0 Å². The van der Waals surface area contributed by atoms with Gasteiger partial charge in [0.15, 0.2) is 0 Å². The molecular formula is C13H12BrFN2O. The fraction of sp³-hybridized carbons (Fsp3) is 0.154. The minimum Gasteiger partial charge on any atom is -0.438 e. The quantitative estimate of drug-likeness (QED) is 0.943. The Morgan fingerprint density at radius 3 is 2.89 bits per heavy atom. The molecular weight excluding hydrogens is 299 g/mol. The summed E-state index contributed by atoms with van der Waals surface area (Å²) in [4.78, 5) is 3.92. The number of benzene rings is 1. The van der Waals surface area contributed by atoms with Gasteiger partial charge in [-0.1, -0.05) is 22.0 Å². The van der Waals surface area contributed by atoms with Crippen molar-refractivity contribution in [1.29, 1.82) is 0 Å². The van der Waals surface area contributed by atoms with Gasteiger partial charge in [-0.05, 0) is 30.7 Å². The summed E-state index contributed by atoms with van der Waals surface area (Å²) in [6.45, 7) is 2.10. The zero-order valence-corrected chi connectivity index (χ0v) is 11.4. The molecule has 0 aliphatic rings. The highest BCUT2D eigenvalue weighted by atomic mass is 79.9. The van der Waals surface area contributed by atoms with E-state index >= 15 is 0 Å². The number of halogens is 2. The molecule has 2 aromatic rings. The molecule has 1 aromatic carbocycles. The first-order chi connectivity index (χ1) is 8.60. The lowest BCUT2D eigenvalue weighted by Crippen LogP contribution is -2.02. The SMILES string of the molecule is Cc1ccc(Br)cc1Oc1ncc(F)cc1CN. The maximum Gasteiger partial charge on any atom is 0.223 e. The van der Waals surface area contributed by atoms with Crippen LogP contribution in [0.1, 0.15) is 11.1 Å². The highest BCUT2D eigenvalue weighted by Crippen LogP contribution is 2.28. The van der Waals surface area contributed by atoms with Crippen LogP contribution in [0.25, 0.3) is 0 Å². The third kappa shape index (κ3) is 2.86. The van der Waals surface area contributed by atoms with Gasteiger partial charge in [0.05, 0.1) is 6.20 Å². The summed E-state index contributed by atoms with van der Waals surface area (Å²) in [6.07, 6.45) is 1.11. The van der Waals surface area contributed by atoms with E-state index in [-0.39, 0.29) is 6.54 Å². The van der Waals surface area contributed by atoms with E-state index in [4.69, 9.17) is 10.5 Å². The topological polar surface area (TPSA) is 48.1 Å². The van der Waals surface area contributed by atoms with Crippen LogP contribution in [0.5, 0.6) is 11.6 Å². The maximum atomic E-state index is 13.0. The average Bonchev–Trinajstić information content (AvgIpc) is 2.36. The van der Waals surface area contributed by atoms with Crippen LogP contribution < -0.4 is 10.5 Å². The van der Waals surface area contributed by atoms with Gasteiger partial charge in [0.25, 0.3) is 0 Å². The lowest BCUT2D eigenvalue weighted by Gasteiger charge is -2.11. The number of nitrogens with zero attached hydrogens (tertiary/aromatic N) is 1. The normalized spacial score (nSPS) is 10.4. The van der Waals surface area contributed by atoms with Gasteiger partial charge in [-0.15, -0.1) is 0 Å². The van der Waals surface area contributed by atoms with Gasteiger partial charge in [0.2, 0.25) is 5.88 Å². The molecule has 0 unspecified atom stereocenters. The monoisotopic (exact) mass is 310 g/mol. The second-order valence-corrected chi connectivity index (χ2v) is 4.75. The molecule has 0 bridgehead atoms. The molecule has 18 heavy (non-hydrogen) atoms. The van der Waals surface area contributed by atoms with E-state index in [0.29, 0.717) is 17.2 Å². The molecule has 1 aromatic heterocycles. The first-order valence-electron chi connectivity index (χ1n) is 5.38. The summed E-state index contributed by atoms with van der Waals surface area (Å²) >= 11 is 3.37. The van der Waals surface area contributed by atoms with E-state index in [1.807, 2.05) is 25.1 Å². The summed E-state index contributed by atoms with van der Waals surface area (Å²) in [5.41, 5.74) is 7.05. The molecule has 2 N–H and O–H groups in total. The molecule has 0 spiro atoms. The van der Waals surface area contributed by atoms with E-state index in [1.165, 1.54) is 6.07 Å². The van der Waals surface area contributed by atoms with Crippen molar-refractivity contribution in [2.75, 3.05) is 0 Å². The summed E-state index contributed by atoms with van der Waals surface area (Å²) in [7, 11) is 0. The Morgan fingerprint density at radius 2 is 2.17 bits per heavy atom. The van der Waals surface area contributed by atoms with Crippen molar-refractivity contribution in [3.8, 4) is 11.6 Å². The smallest absolute Gasteiger partial charge is 0.223 e. The van der Waals surface area contributed by atoms with Gasteiger partial charge in [-0.2, -0.15) is 0 Å². The molecule has 0 saturated carbocycles. The van der Waals surface area contributed by atoms with E-state index in [2.05, 4.69) is 20.9 Å². The summed E-state index contributed by atoms with van der Waals surface area (Å²) < 4.78 is 19.6. The lowest BCUT2D eigenvalue weighted by molar-refractivity contribution is 0.448. The fourth-order valence-corrected chi connectivity index (χ4v) is 1.83. The van der Waals surface area contributed by atoms with Crippen molar-refractivity contribution in [3.63, 3.8) is 0 Å². The molecule has 0 amide bonds. The zero-order valence-electron chi connectivity index (χ0n) is 9.78. The molecule has 0 fully saturated rings. The lowest BCUT2D eigenvalue weighted by atomic mass is 10.2. The Balaban J connectivity index is 2.36. The molecule has 3 nitrogen and oxygen atoms in total. The Morgan fingerprint density at radius 1 is 1.39 bits per heavy atom. The predicted molar refractivity (Wildman–Crippen MR) is 71.0 cm³/mol. The van der Waals surface area contributed by atoms with Crippen LogP contribution in [0.2, 0.25) is 0 Å². The summed E-state index contributed by atoms with van der Waals surface area (Å²) in [6, 6.07) is 7.01. The van der Waals surface area contributed by atoms with Gasteiger partial charge in [0.1, 0.15) is 11.6 Å². The van der Waals surface area contributed by atoms with Crippen LogP contribution in [0.15, 0.2) is 34.9 Å². The molecule has 0 saturated heterocycles. The van der Waals surface area contributed by atoms with Gasteiger partial charge >= 0.3 is 0 Å². The fourth-order valence-electron chi connectivity index (χ4n) is 1.49. The third-order valence-electron chi connectivity index (χ3n) is 2.47. The number of nitrogens with two attached hydrogens (primary N) is 1. The second-order valence-electron chi connectivity index (χ2n) is 3.83. The number of pyridine rings is 1. The van der Waals surface area contributed by atoms with E-state index in [0.717, 1.165) is 16.2 Å². The standard InChI is InChI=1S/C13H12BrFN2O/c1-8-2-3-10(14)5-12(8)18-13-9(6-16)4-11(15)7-17-13/h2-5,7H,6,16H2,1H3. The van der Waals surface area contributed by atoms with Crippen molar-refractivity contribution < 1.29 is 9.13 Å². The number of hydrogen-bond acceptors (Lipinski definition) is 3. The number of rotatable bonds is 3. The molecule has 94 valence electrons. The molecule has 0 radical (unpaired) electrons. The van der Waals surface area contributed by atoms with E-state index in [9.17, 15) is 4.39 Å². The molecule has 0 atom stereocenters. The summed E-state index contributed by atoms with van der Waals surface area (Å²) in [5.74, 6) is 0.576. The second kappa shape index (κ2) is 5.46. The molecule has 5 heteroatoms. The molecule has 2 rings (SSSR count). The minimum absolute atomic E-state index is 0.174. The first kappa shape index (κ1) is 13.0. The first-order valence-corrected chi connectivity index (χ1v) is 6.18. The average molecular weight is 311 g/mol. The van der Waals surface area contributed by atoms with Crippen LogP contribution in [0, 0.1) is 12.7 Å². The highest BCUT2D eigenvalue weighted by Gasteiger charge is 2.09. The Bertz CT molecular complexity index is 575. The van der Waals surface area contributed by atoms with Crippen molar-refractivity contribution in [2.24, 2.45) is 5.73 Å². The van der Waals surface area contributed by atoms with Gasteiger partial charge < -0.3 is 10.5 Å². The minimum atomic E-state index is -0.422. The third-order valence-corrected chi connectivity index (χ3v) is 2.96. The van der Waals surface area contributed by atoms with Crippen LogP contribution in [-0.4, -0.2) is 4.98 Å². The van der Waals surface area contributed by atoms with Crippen LogP contribution >= 0.6 is 15.9 Å². The van der Waals surface area contributed by atoms with Crippen LogP contribution in [0.4, 0.5) is 4.39 Å². The predicted octanol–water partition coefficient (Wildman–Crippen LogP) is 3.54. The number of aryl methyl sites for hydroxylation is 1. The zero-order chi connectivity index (χ0) is 13.1. The molecule has 0 aliphatic heterocycles. The Hall–Kier alpha value is -1.46. The van der Waals surface area contributed by atoms with Crippen molar-refractivity contribution >= 4 is 15.9 Å². The van der Waals surface area contributed by atoms with Crippen molar-refractivity contribution in [1.82, 2.24) is 4.98 Å². The van der Waals surface area contributed by atoms with Crippen LogP contribution in [0.3, 0.4) is 0 Å². The van der Waals surface area contributed by atoms with Gasteiger partial charge in [0, 0.05) is 16.6 Å². The number of aromatic nitrogens is 1. The largest absolute Gasteiger partial charge is 0.438 e. The maximum absolute atomic E-state index is 13.0.